The number of thioether (sulfide) groups is 1. The minimum absolute atomic E-state index is 0.391. The van der Waals surface area contributed by atoms with Crippen LogP contribution >= 0.6 is 23.1 Å². The molecule has 0 bridgehead atoms. The van der Waals surface area contributed by atoms with Gasteiger partial charge in [0.25, 0.3) is 0 Å². The van der Waals surface area contributed by atoms with Crippen molar-refractivity contribution in [3.63, 3.8) is 0 Å². The number of rotatable bonds is 9. The van der Waals surface area contributed by atoms with E-state index in [-0.39, 0.29) is 0 Å². The summed E-state index contributed by atoms with van der Waals surface area (Å²) in [5, 5.41) is 28.6. The SMILES string of the molecule is Cc1cc(Oc2cc(SCc3ccccn3)cnc2Nc2nc(C(O)CO)cs2)n(C)n1. The maximum atomic E-state index is 9.79. The van der Waals surface area contributed by atoms with Gasteiger partial charge in [-0.25, -0.2) is 14.6 Å². The number of aryl methyl sites for hydroxylation is 2. The van der Waals surface area contributed by atoms with Gasteiger partial charge in [0.05, 0.1) is 23.7 Å². The van der Waals surface area contributed by atoms with Crippen LogP contribution in [0.3, 0.4) is 0 Å². The number of hydrogen-bond donors (Lipinski definition) is 3. The van der Waals surface area contributed by atoms with Gasteiger partial charge in [0.1, 0.15) is 6.10 Å². The van der Waals surface area contributed by atoms with Gasteiger partial charge < -0.3 is 20.3 Å². The van der Waals surface area contributed by atoms with Crippen molar-refractivity contribution in [1.29, 1.82) is 0 Å². The van der Waals surface area contributed by atoms with Crippen LogP contribution in [0.25, 0.3) is 0 Å². The van der Waals surface area contributed by atoms with Crippen molar-refractivity contribution in [2.75, 3.05) is 11.9 Å². The van der Waals surface area contributed by atoms with Crippen LogP contribution in [0.5, 0.6) is 11.6 Å². The van der Waals surface area contributed by atoms with E-state index in [9.17, 15) is 5.11 Å². The quantitative estimate of drug-likeness (QED) is 0.314. The van der Waals surface area contributed by atoms with Crippen LogP contribution in [-0.4, -0.2) is 41.6 Å². The van der Waals surface area contributed by atoms with Crippen molar-refractivity contribution in [2.24, 2.45) is 7.05 Å². The standard InChI is InChI=1S/C21H22N6O3S2/c1-13-7-19(27(2)26-13)30-18-8-15(31-11-14-5-3-4-6-22-14)9-23-20(18)25-21-24-16(12-32-21)17(29)10-28/h3-9,12,17,28-29H,10-11H2,1-2H3,(H,23,24,25). The third-order valence-electron chi connectivity index (χ3n) is 4.38. The number of pyridine rings is 2. The summed E-state index contributed by atoms with van der Waals surface area (Å²) >= 11 is 2.91. The molecule has 0 saturated heterocycles. The Hall–Kier alpha value is -2.99. The van der Waals surface area contributed by atoms with E-state index in [2.05, 4.69) is 25.4 Å². The number of thiazole rings is 1. The second kappa shape index (κ2) is 10.1. The van der Waals surface area contributed by atoms with E-state index in [1.54, 1.807) is 34.2 Å². The van der Waals surface area contributed by atoms with Crippen LogP contribution in [0.4, 0.5) is 10.9 Å². The molecule has 0 radical (unpaired) electrons. The molecule has 0 aliphatic heterocycles. The highest BCUT2D eigenvalue weighted by molar-refractivity contribution is 7.98. The Morgan fingerprint density at radius 1 is 1.28 bits per heavy atom. The maximum absolute atomic E-state index is 9.79. The van der Waals surface area contributed by atoms with Crippen molar-refractivity contribution < 1.29 is 14.9 Å². The summed E-state index contributed by atoms with van der Waals surface area (Å²) in [5.41, 5.74) is 2.21. The molecular weight excluding hydrogens is 448 g/mol. The molecule has 1 unspecified atom stereocenters. The molecule has 0 saturated carbocycles. The Labute approximate surface area is 193 Å². The molecule has 4 heterocycles. The highest BCUT2D eigenvalue weighted by Gasteiger charge is 2.16. The lowest BCUT2D eigenvalue weighted by atomic mass is 10.3. The third kappa shape index (κ3) is 5.43. The Kier molecular flexibility index (Phi) is 7.00. The molecule has 9 nitrogen and oxygen atoms in total. The molecule has 4 aromatic heterocycles. The number of nitrogens with one attached hydrogen (secondary N) is 1. The van der Waals surface area contributed by atoms with Crippen LogP contribution in [-0.2, 0) is 12.8 Å². The van der Waals surface area contributed by atoms with Crippen LogP contribution in [0.15, 0.2) is 53.0 Å². The molecule has 32 heavy (non-hydrogen) atoms. The summed E-state index contributed by atoms with van der Waals surface area (Å²) in [5.74, 6) is 2.27. The van der Waals surface area contributed by atoms with Crippen LogP contribution in [0.2, 0.25) is 0 Å². The Bertz CT molecular complexity index is 1180. The fourth-order valence-electron chi connectivity index (χ4n) is 2.80. The fraction of sp³-hybridized carbons (Fsp3) is 0.238. The Morgan fingerprint density at radius 2 is 2.16 bits per heavy atom. The van der Waals surface area contributed by atoms with Crippen molar-refractivity contribution in [3.8, 4) is 11.6 Å². The maximum Gasteiger partial charge on any atom is 0.217 e. The van der Waals surface area contributed by atoms with Crippen LogP contribution in [0.1, 0.15) is 23.2 Å². The van der Waals surface area contributed by atoms with Gasteiger partial charge in [-0.1, -0.05) is 6.07 Å². The van der Waals surface area contributed by atoms with E-state index >= 15 is 0 Å². The van der Waals surface area contributed by atoms with E-state index < -0.39 is 12.7 Å². The minimum Gasteiger partial charge on any atom is -0.435 e. The molecule has 1 atom stereocenters. The molecule has 0 amide bonds. The fourth-order valence-corrected chi connectivity index (χ4v) is 4.36. The number of anilines is 2. The van der Waals surface area contributed by atoms with Gasteiger partial charge in [0.2, 0.25) is 5.88 Å². The first kappa shape index (κ1) is 22.2. The van der Waals surface area contributed by atoms with Crippen LogP contribution < -0.4 is 10.1 Å². The Balaban J connectivity index is 1.59. The molecule has 4 rings (SSSR count). The number of aromatic nitrogens is 5. The number of nitrogens with zero attached hydrogens (tertiary/aromatic N) is 5. The summed E-state index contributed by atoms with van der Waals surface area (Å²) in [4.78, 5) is 14.1. The highest BCUT2D eigenvalue weighted by Crippen LogP contribution is 2.35. The van der Waals surface area contributed by atoms with Gasteiger partial charge in [-0.3, -0.25) is 4.98 Å². The number of aliphatic hydroxyl groups is 2. The van der Waals surface area contributed by atoms with Gasteiger partial charge in [0, 0.05) is 41.5 Å². The number of ether oxygens (including phenoxy) is 1. The summed E-state index contributed by atoms with van der Waals surface area (Å²) in [6.45, 7) is 1.50. The topological polar surface area (TPSA) is 118 Å². The zero-order chi connectivity index (χ0) is 22.5. The molecular formula is C21H22N6O3S2. The van der Waals surface area contributed by atoms with E-state index in [1.165, 1.54) is 11.3 Å². The minimum atomic E-state index is -1.02. The molecule has 0 aromatic carbocycles. The van der Waals surface area contributed by atoms with Gasteiger partial charge in [-0.05, 0) is 25.1 Å². The average molecular weight is 471 g/mol. The van der Waals surface area contributed by atoms with Crippen molar-refractivity contribution in [1.82, 2.24) is 24.7 Å². The molecule has 0 fully saturated rings. The van der Waals surface area contributed by atoms with Gasteiger partial charge in [0.15, 0.2) is 16.7 Å². The third-order valence-corrected chi connectivity index (χ3v) is 6.15. The summed E-state index contributed by atoms with van der Waals surface area (Å²) in [6, 6.07) is 9.58. The smallest absolute Gasteiger partial charge is 0.217 e. The molecule has 0 aliphatic rings. The lowest BCUT2D eigenvalue weighted by molar-refractivity contribution is 0.0928. The zero-order valence-electron chi connectivity index (χ0n) is 17.5. The van der Waals surface area contributed by atoms with Crippen molar-refractivity contribution >= 4 is 34.0 Å². The van der Waals surface area contributed by atoms with E-state index in [4.69, 9.17) is 9.84 Å². The molecule has 0 spiro atoms. The lowest BCUT2D eigenvalue weighted by Gasteiger charge is -2.12. The van der Waals surface area contributed by atoms with E-state index in [1.807, 2.05) is 44.3 Å². The van der Waals surface area contributed by atoms with Crippen molar-refractivity contribution in [2.45, 2.75) is 23.7 Å². The predicted molar refractivity (Wildman–Crippen MR) is 123 cm³/mol. The van der Waals surface area contributed by atoms with Gasteiger partial charge >= 0.3 is 0 Å². The van der Waals surface area contributed by atoms with Crippen molar-refractivity contribution in [3.05, 3.63) is 65.2 Å². The normalized spacial score (nSPS) is 12.0. The second-order valence-corrected chi connectivity index (χ2v) is 8.78. The second-order valence-electron chi connectivity index (χ2n) is 6.88. The first-order valence-corrected chi connectivity index (χ1v) is 11.6. The summed E-state index contributed by atoms with van der Waals surface area (Å²) in [6.07, 6.45) is 2.51. The van der Waals surface area contributed by atoms with Gasteiger partial charge in [-0.2, -0.15) is 5.10 Å². The average Bonchev–Trinajstić information content (AvgIpc) is 3.39. The molecule has 0 aliphatic carbocycles. The predicted octanol–water partition coefficient (Wildman–Crippen LogP) is 3.83. The number of hydrogen-bond acceptors (Lipinski definition) is 10. The van der Waals surface area contributed by atoms with E-state index in [0.29, 0.717) is 34.0 Å². The molecule has 4 aromatic rings. The molecule has 11 heteroatoms. The summed E-state index contributed by atoms with van der Waals surface area (Å²) in [7, 11) is 1.81. The number of aliphatic hydroxyl groups excluding tert-OH is 2. The molecule has 166 valence electrons. The first-order valence-electron chi connectivity index (χ1n) is 9.74. The van der Waals surface area contributed by atoms with Crippen LogP contribution in [0, 0.1) is 6.92 Å². The highest BCUT2D eigenvalue weighted by atomic mass is 32.2. The van der Waals surface area contributed by atoms with E-state index in [0.717, 1.165) is 16.3 Å². The lowest BCUT2D eigenvalue weighted by Crippen LogP contribution is -2.03. The Morgan fingerprint density at radius 3 is 2.88 bits per heavy atom. The zero-order valence-corrected chi connectivity index (χ0v) is 19.1. The van der Waals surface area contributed by atoms with Gasteiger partial charge in [-0.15, -0.1) is 23.1 Å². The largest absolute Gasteiger partial charge is 0.435 e. The summed E-state index contributed by atoms with van der Waals surface area (Å²) < 4.78 is 7.79. The monoisotopic (exact) mass is 470 g/mol. The molecule has 3 N–H and O–H groups in total. The first-order chi connectivity index (χ1) is 15.5.